The maximum Gasteiger partial charge on any atom is 0.191 e. The van der Waals surface area contributed by atoms with Crippen LogP contribution < -0.4 is 15.5 Å². The standard InChI is InChI=1S/C15H24N4/c1-12(18-15(16-2)17-3)13-7-6-8-14(11-13)19-9-4-5-10-19/h6-8,11-12H,4-5,9-10H2,1-3H3,(H2,16,17,18). The van der Waals surface area contributed by atoms with Gasteiger partial charge in [-0.15, -0.1) is 0 Å². The highest BCUT2D eigenvalue weighted by molar-refractivity contribution is 5.79. The van der Waals surface area contributed by atoms with Crippen molar-refractivity contribution < 1.29 is 0 Å². The molecule has 0 aliphatic carbocycles. The SMILES string of the molecule is CN=C(NC)NC(C)c1cccc(N2CCCC2)c1. The predicted molar refractivity (Wildman–Crippen MR) is 81.9 cm³/mol. The topological polar surface area (TPSA) is 39.7 Å². The first-order valence-corrected chi connectivity index (χ1v) is 7.00. The van der Waals surface area contributed by atoms with Crippen molar-refractivity contribution in [2.75, 3.05) is 32.1 Å². The van der Waals surface area contributed by atoms with E-state index in [0.29, 0.717) is 0 Å². The minimum Gasteiger partial charge on any atom is -0.372 e. The molecule has 1 heterocycles. The van der Waals surface area contributed by atoms with Crippen LogP contribution in [0.25, 0.3) is 0 Å². The summed E-state index contributed by atoms with van der Waals surface area (Å²) in [5.74, 6) is 0.819. The summed E-state index contributed by atoms with van der Waals surface area (Å²) in [7, 11) is 3.66. The molecule has 0 spiro atoms. The van der Waals surface area contributed by atoms with Gasteiger partial charge in [0.15, 0.2) is 5.96 Å². The van der Waals surface area contributed by atoms with Crippen molar-refractivity contribution >= 4 is 11.6 Å². The highest BCUT2D eigenvalue weighted by Gasteiger charge is 2.14. The molecule has 0 bridgehead atoms. The van der Waals surface area contributed by atoms with Crippen molar-refractivity contribution in [3.63, 3.8) is 0 Å². The van der Waals surface area contributed by atoms with E-state index >= 15 is 0 Å². The molecule has 2 rings (SSSR count). The van der Waals surface area contributed by atoms with Gasteiger partial charge in [-0.2, -0.15) is 0 Å². The number of rotatable bonds is 3. The number of aliphatic imine (C=N–C) groups is 1. The van der Waals surface area contributed by atoms with Gasteiger partial charge in [0.25, 0.3) is 0 Å². The van der Waals surface area contributed by atoms with E-state index in [1.165, 1.54) is 37.2 Å². The molecule has 1 atom stereocenters. The molecule has 0 radical (unpaired) electrons. The van der Waals surface area contributed by atoms with Crippen molar-refractivity contribution in [2.45, 2.75) is 25.8 Å². The van der Waals surface area contributed by atoms with Crippen LogP contribution in [0.1, 0.15) is 31.4 Å². The Morgan fingerprint density at radius 2 is 2.05 bits per heavy atom. The Balaban J connectivity index is 2.09. The average Bonchev–Trinajstić information content (AvgIpc) is 2.99. The van der Waals surface area contributed by atoms with Gasteiger partial charge in [0.05, 0.1) is 6.04 Å². The number of benzene rings is 1. The Morgan fingerprint density at radius 1 is 1.32 bits per heavy atom. The fourth-order valence-corrected chi connectivity index (χ4v) is 2.50. The third-order valence-electron chi connectivity index (χ3n) is 3.66. The predicted octanol–water partition coefficient (Wildman–Crippen LogP) is 2.14. The summed E-state index contributed by atoms with van der Waals surface area (Å²) in [5, 5.41) is 6.42. The molecule has 2 N–H and O–H groups in total. The fraction of sp³-hybridized carbons (Fsp3) is 0.533. The Kier molecular flexibility index (Phi) is 4.66. The summed E-state index contributed by atoms with van der Waals surface area (Å²) in [6.45, 7) is 4.53. The van der Waals surface area contributed by atoms with Crippen molar-refractivity contribution in [3.8, 4) is 0 Å². The van der Waals surface area contributed by atoms with Crippen LogP contribution in [0.15, 0.2) is 29.3 Å². The van der Waals surface area contributed by atoms with Gasteiger partial charge in [0.1, 0.15) is 0 Å². The van der Waals surface area contributed by atoms with Gasteiger partial charge in [-0.05, 0) is 37.5 Å². The van der Waals surface area contributed by atoms with Gasteiger partial charge in [0, 0.05) is 32.9 Å². The third kappa shape index (κ3) is 3.40. The molecule has 19 heavy (non-hydrogen) atoms. The number of nitrogens with one attached hydrogen (secondary N) is 2. The van der Waals surface area contributed by atoms with Crippen LogP contribution in [0.5, 0.6) is 0 Å². The lowest BCUT2D eigenvalue weighted by molar-refractivity contribution is 0.698. The molecular formula is C15H24N4. The Bertz CT molecular complexity index is 436. The van der Waals surface area contributed by atoms with Crippen LogP contribution in [-0.4, -0.2) is 33.1 Å². The van der Waals surface area contributed by atoms with Gasteiger partial charge in [-0.25, -0.2) is 0 Å². The van der Waals surface area contributed by atoms with E-state index in [0.717, 1.165) is 5.96 Å². The summed E-state index contributed by atoms with van der Waals surface area (Å²) >= 11 is 0. The second-order valence-corrected chi connectivity index (χ2v) is 4.98. The largest absolute Gasteiger partial charge is 0.372 e. The zero-order valence-corrected chi connectivity index (χ0v) is 12.1. The van der Waals surface area contributed by atoms with Gasteiger partial charge in [0.2, 0.25) is 0 Å². The van der Waals surface area contributed by atoms with Crippen molar-refractivity contribution in [2.24, 2.45) is 4.99 Å². The summed E-state index contributed by atoms with van der Waals surface area (Å²) in [6, 6.07) is 9.04. The quantitative estimate of drug-likeness (QED) is 0.646. The summed E-state index contributed by atoms with van der Waals surface area (Å²) in [5.41, 5.74) is 2.63. The van der Waals surface area contributed by atoms with E-state index in [1.54, 1.807) is 7.05 Å². The van der Waals surface area contributed by atoms with Crippen LogP contribution in [0.4, 0.5) is 5.69 Å². The fourth-order valence-electron chi connectivity index (χ4n) is 2.50. The number of nitrogens with zero attached hydrogens (tertiary/aromatic N) is 2. The minimum absolute atomic E-state index is 0.244. The maximum atomic E-state index is 4.16. The Hall–Kier alpha value is -1.71. The molecule has 0 amide bonds. The van der Waals surface area contributed by atoms with Crippen LogP contribution in [0, 0.1) is 0 Å². The minimum atomic E-state index is 0.244. The molecule has 1 unspecified atom stereocenters. The molecule has 4 heteroatoms. The molecule has 4 nitrogen and oxygen atoms in total. The molecule has 0 saturated carbocycles. The lowest BCUT2D eigenvalue weighted by Crippen LogP contribution is -2.36. The molecule has 1 saturated heterocycles. The molecule has 1 aliphatic rings. The van der Waals surface area contributed by atoms with E-state index in [1.807, 2.05) is 7.05 Å². The zero-order valence-electron chi connectivity index (χ0n) is 12.1. The smallest absolute Gasteiger partial charge is 0.191 e. The van der Waals surface area contributed by atoms with E-state index in [9.17, 15) is 0 Å². The van der Waals surface area contributed by atoms with Crippen LogP contribution in [0.2, 0.25) is 0 Å². The second-order valence-electron chi connectivity index (χ2n) is 4.98. The highest BCUT2D eigenvalue weighted by atomic mass is 15.2. The molecule has 0 aromatic heterocycles. The maximum absolute atomic E-state index is 4.16. The first kappa shape index (κ1) is 13.7. The molecule has 1 fully saturated rings. The van der Waals surface area contributed by atoms with Gasteiger partial charge in [-0.3, -0.25) is 4.99 Å². The lowest BCUT2D eigenvalue weighted by atomic mass is 10.1. The van der Waals surface area contributed by atoms with E-state index in [4.69, 9.17) is 0 Å². The Labute approximate surface area is 115 Å². The lowest BCUT2D eigenvalue weighted by Gasteiger charge is -2.21. The van der Waals surface area contributed by atoms with Gasteiger partial charge in [-0.1, -0.05) is 12.1 Å². The summed E-state index contributed by atoms with van der Waals surface area (Å²) in [4.78, 5) is 6.62. The molecule has 104 valence electrons. The number of hydrogen-bond acceptors (Lipinski definition) is 2. The van der Waals surface area contributed by atoms with E-state index in [-0.39, 0.29) is 6.04 Å². The van der Waals surface area contributed by atoms with E-state index < -0.39 is 0 Å². The van der Waals surface area contributed by atoms with Crippen molar-refractivity contribution in [3.05, 3.63) is 29.8 Å². The van der Waals surface area contributed by atoms with Gasteiger partial charge < -0.3 is 15.5 Å². The Morgan fingerprint density at radius 3 is 2.68 bits per heavy atom. The molecule has 1 aromatic rings. The van der Waals surface area contributed by atoms with Crippen LogP contribution >= 0.6 is 0 Å². The monoisotopic (exact) mass is 260 g/mol. The van der Waals surface area contributed by atoms with Crippen LogP contribution in [-0.2, 0) is 0 Å². The van der Waals surface area contributed by atoms with Crippen LogP contribution in [0.3, 0.4) is 0 Å². The van der Waals surface area contributed by atoms with Crippen molar-refractivity contribution in [1.82, 2.24) is 10.6 Å². The molecule has 1 aliphatic heterocycles. The number of guanidine groups is 1. The normalized spacial score (nSPS) is 17.4. The van der Waals surface area contributed by atoms with E-state index in [2.05, 4.69) is 51.7 Å². The summed E-state index contributed by atoms with van der Waals surface area (Å²) in [6.07, 6.45) is 2.62. The third-order valence-corrected chi connectivity index (χ3v) is 3.66. The first-order valence-electron chi connectivity index (χ1n) is 7.00. The van der Waals surface area contributed by atoms with Crippen molar-refractivity contribution in [1.29, 1.82) is 0 Å². The first-order chi connectivity index (χ1) is 9.24. The zero-order chi connectivity index (χ0) is 13.7. The molecule has 1 aromatic carbocycles. The molecular weight excluding hydrogens is 236 g/mol. The number of hydrogen-bond donors (Lipinski definition) is 2. The summed E-state index contributed by atoms with van der Waals surface area (Å²) < 4.78 is 0. The average molecular weight is 260 g/mol. The second kappa shape index (κ2) is 6.45. The highest BCUT2D eigenvalue weighted by Crippen LogP contribution is 2.23. The number of anilines is 1. The van der Waals surface area contributed by atoms with Gasteiger partial charge >= 0.3 is 0 Å².